The summed E-state index contributed by atoms with van der Waals surface area (Å²) >= 11 is 11.4. The van der Waals surface area contributed by atoms with Gasteiger partial charge in [0.1, 0.15) is 6.61 Å². The highest BCUT2D eigenvalue weighted by Crippen LogP contribution is 2.35. The Bertz CT molecular complexity index is 859. The molecule has 1 aromatic heterocycles. The fourth-order valence-electron chi connectivity index (χ4n) is 2.35. The SMILES string of the molecule is CCOc1cc(CNc2nccs2)c(Br)cc1OCc1ccccc1Cl. The lowest BCUT2D eigenvalue weighted by atomic mass is 10.2. The quantitative estimate of drug-likeness (QED) is 0.444. The van der Waals surface area contributed by atoms with Gasteiger partial charge in [-0.25, -0.2) is 4.98 Å². The van der Waals surface area contributed by atoms with Crippen molar-refractivity contribution >= 4 is 44.0 Å². The number of halogens is 2. The van der Waals surface area contributed by atoms with Gasteiger partial charge in [0, 0.05) is 33.2 Å². The third kappa shape index (κ3) is 4.90. The molecule has 0 aliphatic carbocycles. The van der Waals surface area contributed by atoms with Crippen LogP contribution in [0.5, 0.6) is 11.5 Å². The first-order valence-electron chi connectivity index (χ1n) is 8.12. The number of benzene rings is 2. The van der Waals surface area contributed by atoms with E-state index >= 15 is 0 Å². The van der Waals surface area contributed by atoms with Gasteiger partial charge in [-0.05, 0) is 30.7 Å². The molecule has 3 aromatic rings. The summed E-state index contributed by atoms with van der Waals surface area (Å²) < 4.78 is 12.7. The Labute approximate surface area is 170 Å². The second-order valence-electron chi connectivity index (χ2n) is 5.39. The first-order chi connectivity index (χ1) is 12.7. The average molecular weight is 454 g/mol. The maximum atomic E-state index is 6.20. The van der Waals surface area contributed by atoms with Gasteiger partial charge >= 0.3 is 0 Å². The predicted molar refractivity (Wildman–Crippen MR) is 111 cm³/mol. The molecule has 1 N–H and O–H groups in total. The maximum Gasteiger partial charge on any atom is 0.182 e. The summed E-state index contributed by atoms with van der Waals surface area (Å²) in [5.41, 5.74) is 2.00. The molecule has 0 amide bonds. The number of thiazole rings is 1. The molecule has 0 unspecified atom stereocenters. The third-order valence-electron chi connectivity index (χ3n) is 3.62. The number of ether oxygens (including phenoxy) is 2. The number of rotatable bonds is 8. The van der Waals surface area contributed by atoms with Crippen LogP contribution in [0.15, 0.2) is 52.4 Å². The van der Waals surface area contributed by atoms with Crippen LogP contribution >= 0.6 is 38.9 Å². The van der Waals surface area contributed by atoms with Gasteiger partial charge in [0.25, 0.3) is 0 Å². The number of nitrogens with one attached hydrogen (secondary N) is 1. The summed E-state index contributed by atoms with van der Waals surface area (Å²) in [6, 6.07) is 11.6. The zero-order chi connectivity index (χ0) is 18.4. The zero-order valence-electron chi connectivity index (χ0n) is 14.2. The third-order valence-corrected chi connectivity index (χ3v) is 5.45. The molecule has 0 aliphatic rings. The highest BCUT2D eigenvalue weighted by Gasteiger charge is 2.12. The lowest BCUT2D eigenvalue weighted by Gasteiger charge is -2.16. The van der Waals surface area contributed by atoms with Gasteiger partial charge in [0.15, 0.2) is 16.6 Å². The Hall–Kier alpha value is -1.76. The molecular weight excluding hydrogens is 436 g/mol. The Balaban J connectivity index is 1.76. The first-order valence-corrected chi connectivity index (χ1v) is 10.2. The monoisotopic (exact) mass is 452 g/mol. The van der Waals surface area contributed by atoms with Crippen molar-refractivity contribution in [3.63, 3.8) is 0 Å². The van der Waals surface area contributed by atoms with E-state index in [1.165, 1.54) is 0 Å². The van der Waals surface area contributed by atoms with Crippen LogP contribution < -0.4 is 14.8 Å². The van der Waals surface area contributed by atoms with Gasteiger partial charge < -0.3 is 14.8 Å². The summed E-state index contributed by atoms with van der Waals surface area (Å²) in [5, 5.41) is 6.81. The average Bonchev–Trinajstić information content (AvgIpc) is 3.15. The predicted octanol–water partition coefficient (Wildman–Crippen LogP) is 6.15. The van der Waals surface area contributed by atoms with Crippen molar-refractivity contribution in [2.24, 2.45) is 0 Å². The van der Waals surface area contributed by atoms with Gasteiger partial charge in [0.2, 0.25) is 0 Å². The van der Waals surface area contributed by atoms with Crippen LogP contribution in [-0.4, -0.2) is 11.6 Å². The van der Waals surface area contributed by atoms with Gasteiger partial charge in [-0.15, -0.1) is 11.3 Å². The molecule has 136 valence electrons. The minimum atomic E-state index is 0.378. The summed E-state index contributed by atoms with van der Waals surface area (Å²) in [5.74, 6) is 1.38. The molecule has 0 spiro atoms. The van der Waals surface area contributed by atoms with Gasteiger partial charge in [-0.3, -0.25) is 0 Å². The van der Waals surface area contributed by atoms with Gasteiger partial charge in [-0.1, -0.05) is 45.7 Å². The standard InChI is InChI=1S/C19H18BrClN2O2S/c1-2-24-17-9-14(11-23-19-22-7-8-26-19)15(20)10-18(17)25-12-13-5-3-4-6-16(13)21/h3-10H,2,11-12H2,1H3,(H,22,23). The van der Waals surface area contributed by atoms with Crippen LogP contribution in [0.1, 0.15) is 18.1 Å². The maximum absolute atomic E-state index is 6.20. The summed E-state index contributed by atoms with van der Waals surface area (Å²) in [6.45, 7) is 3.53. The van der Waals surface area contributed by atoms with E-state index in [9.17, 15) is 0 Å². The number of aromatic nitrogens is 1. The molecule has 4 nitrogen and oxygen atoms in total. The van der Waals surface area contributed by atoms with E-state index in [0.717, 1.165) is 20.7 Å². The smallest absolute Gasteiger partial charge is 0.182 e. The molecule has 26 heavy (non-hydrogen) atoms. The minimum absolute atomic E-state index is 0.378. The molecule has 0 fully saturated rings. The normalized spacial score (nSPS) is 10.6. The molecule has 0 saturated carbocycles. The molecule has 3 rings (SSSR count). The summed E-state index contributed by atoms with van der Waals surface area (Å²) in [6.07, 6.45) is 1.78. The molecule has 0 saturated heterocycles. The largest absolute Gasteiger partial charge is 0.490 e. The van der Waals surface area contributed by atoms with Crippen LogP contribution in [0.3, 0.4) is 0 Å². The summed E-state index contributed by atoms with van der Waals surface area (Å²) in [4.78, 5) is 4.23. The van der Waals surface area contributed by atoms with Crippen molar-refractivity contribution in [3.05, 3.63) is 68.6 Å². The van der Waals surface area contributed by atoms with Crippen molar-refractivity contribution in [1.29, 1.82) is 0 Å². The number of hydrogen-bond donors (Lipinski definition) is 1. The zero-order valence-corrected chi connectivity index (χ0v) is 17.3. The van der Waals surface area contributed by atoms with Crippen LogP contribution in [0.2, 0.25) is 5.02 Å². The van der Waals surface area contributed by atoms with Crippen molar-refractivity contribution < 1.29 is 9.47 Å². The van der Waals surface area contributed by atoms with Gasteiger partial charge in [-0.2, -0.15) is 0 Å². The van der Waals surface area contributed by atoms with E-state index < -0.39 is 0 Å². The van der Waals surface area contributed by atoms with Crippen molar-refractivity contribution in [2.45, 2.75) is 20.1 Å². The second kappa shape index (κ2) is 9.26. The lowest BCUT2D eigenvalue weighted by Crippen LogP contribution is -2.04. The van der Waals surface area contributed by atoms with E-state index in [2.05, 4.69) is 26.2 Å². The van der Waals surface area contributed by atoms with Crippen LogP contribution in [-0.2, 0) is 13.2 Å². The molecular formula is C19H18BrClN2O2S. The highest BCUT2D eigenvalue weighted by molar-refractivity contribution is 9.10. The molecule has 1 heterocycles. The molecule has 7 heteroatoms. The van der Waals surface area contributed by atoms with Crippen LogP contribution in [0.4, 0.5) is 5.13 Å². The molecule has 0 atom stereocenters. The fourth-order valence-corrected chi connectivity index (χ4v) is 3.53. The Morgan fingerprint density at radius 2 is 1.96 bits per heavy atom. The van der Waals surface area contributed by atoms with Crippen molar-refractivity contribution in [3.8, 4) is 11.5 Å². The van der Waals surface area contributed by atoms with Gasteiger partial charge in [0.05, 0.1) is 6.61 Å². The van der Waals surface area contributed by atoms with E-state index in [4.69, 9.17) is 21.1 Å². The highest BCUT2D eigenvalue weighted by atomic mass is 79.9. The van der Waals surface area contributed by atoms with E-state index in [0.29, 0.717) is 36.3 Å². The lowest BCUT2D eigenvalue weighted by molar-refractivity contribution is 0.269. The van der Waals surface area contributed by atoms with E-state index in [1.807, 2.05) is 48.7 Å². The topological polar surface area (TPSA) is 43.4 Å². The number of anilines is 1. The van der Waals surface area contributed by atoms with Crippen molar-refractivity contribution in [2.75, 3.05) is 11.9 Å². The molecule has 2 aromatic carbocycles. The molecule has 0 aliphatic heterocycles. The number of hydrogen-bond acceptors (Lipinski definition) is 5. The summed E-state index contributed by atoms with van der Waals surface area (Å²) in [7, 11) is 0. The van der Waals surface area contributed by atoms with Crippen molar-refractivity contribution in [1.82, 2.24) is 4.98 Å². The molecule has 0 radical (unpaired) electrons. The van der Waals surface area contributed by atoms with Crippen LogP contribution in [0.25, 0.3) is 0 Å². The fraction of sp³-hybridized carbons (Fsp3) is 0.211. The Kier molecular flexibility index (Phi) is 6.77. The van der Waals surface area contributed by atoms with E-state index in [1.54, 1.807) is 17.5 Å². The Morgan fingerprint density at radius 1 is 1.15 bits per heavy atom. The number of nitrogens with zero attached hydrogens (tertiary/aromatic N) is 1. The minimum Gasteiger partial charge on any atom is -0.490 e. The van der Waals surface area contributed by atoms with Crippen LogP contribution in [0, 0.1) is 0 Å². The van der Waals surface area contributed by atoms with E-state index in [-0.39, 0.29) is 0 Å². The second-order valence-corrected chi connectivity index (χ2v) is 7.55. The first kappa shape index (κ1) is 19.0. The molecule has 0 bridgehead atoms. The Morgan fingerprint density at radius 3 is 2.69 bits per heavy atom.